The lowest BCUT2D eigenvalue weighted by Crippen LogP contribution is -2.49. The summed E-state index contributed by atoms with van der Waals surface area (Å²) in [5.74, 6) is 0.0891. The van der Waals surface area contributed by atoms with Crippen molar-refractivity contribution < 1.29 is 9.90 Å². The van der Waals surface area contributed by atoms with E-state index in [2.05, 4.69) is 16.8 Å². The number of aromatic nitrogens is 1. The molecule has 0 spiro atoms. The molecule has 27 heavy (non-hydrogen) atoms. The fourth-order valence-electron chi connectivity index (χ4n) is 3.46. The van der Waals surface area contributed by atoms with E-state index in [0.29, 0.717) is 19.5 Å². The third-order valence-electron chi connectivity index (χ3n) is 5.10. The van der Waals surface area contributed by atoms with Gasteiger partial charge in [0.25, 0.3) is 5.91 Å². The zero-order chi connectivity index (χ0) is 19.4. The maximum atomic E-state index is 12.9. The second kappa shape index (κ2) is 8.09. The Morgan fingerprint density at radius 3 is 2.59 bits per heavy atom. The number of aliphatic hydroxyl groups is 1. The average Bonchev–Trinajstić information content (AvgIpc) is 2.66. The highest BCUT2D eigenvalue weighted by Gasteiger charge is 2.23. The van der Waals surface area contributed by atoms with Gasteiger partial charge in [0.2, 0.25) is 0 Å². The van der Waals surface area contributed by atoms with E-state index in [1.165, 1.54) is 5.69 Å². The zero-order valence-corrected chi connectivity index (χ0v) is 16.5. The van der Waals surface area contributed by atoms with Crippen LogP contribution in [0.15, 0.2) is 42.7 Å². The van der Waals surface area contributed by atoms with Crippen LogP contribution in [0.1, 0.15) is 41.8 Å². The predicted octanol–water partition coefficient (Wildman–Crippen LogP) is 3.06. The molecule has 144 valence electrons. The van der Waals surface area contributed by atoms with Crippen molar-refractivity contribution in [3.8, 4) is 0 Å². The molecule has 1 saturated heterocycles. The van der Waals surface area contributed by atoms with Crippen LogP contribution in [0, 0.1) is 6.92 Å². The largest absolute Gasteiger partial charge is 0.390 e. The Morgan fingerprint density at radius 1 is 1.19 bits per heavy atom. The van der Waals surface area contributed by atoms with E-state index in [9.17, 15) is 9.90 Å². The number of carbonyl (C=O) groups is 1. The molecule has 3 rings (SSSR count). The summed E-state index contributed by atoms with van der Waals surface area (Å²) in [4.78, 5) is 21.3. The molecule has 2 aromatic rings. The highest BCUT2D eigenvalue weighted by atomic mass is 16.3. The van der Waals surface area contributed by atoms with Gasteiger partial charge in [-0.05, 0) is 62.9 Å². The van der Waals surface area contributed by atoms with Crippen LogP contribution in [0.2, 0.25) is 0 Å². The minimum absolute atomic E-state index is 0.0891. The fourth-order valence-corrected chi connectivity index (χ4v) is 3.46. The van der Waals surface area contributed by atoms with Gasteiger partial charge in [-0.3, -0.25) is 9.78 Å². The molecule has 0 bridgehead atoms. The topological polar surface area (TPSA) is 56.7 Å². The van der Waals surface area contributed by atoms with Gasteiger partial charge in [0.05, 0.1) is 5.60 Å². The Balaban J connectivity index is 1.62. The van der Waals surface area contributed by atoms with Gasteiger partial charge in [0.15, 0.2) is 0 Å². The van der Waals surface area contributed by atoms with Crippen LogP contribution in [-0.2, 0) is 6.42 Å². The Labute approximate surface area is 161 Å². The molecule has 1 N–H and O–H groups in total. The van der Waals surface area contributed by atoms with Crippen molar-refractivity contribution in [1.29, 1.82) is 0 Å². The van der Waals surface area contributed by atoms with E-state index in [1.807, 2.05) is 61.5 Å². The lowest BCUT2D eigenvalue weighted by Gasteiger charge is -2.36. The number of pyridine rings is 1. The Kier molecular flexibility index (Phi) is 5.80. The maximum absolute atomic E-state index is 12.9. The van der Waals surface area contributed by atoms with Gasteiger partial charge < -0.3 is 14.9 Å². The summed E-state index contributed by atoms with van der Waals surface area (Å²) in [5, 5.41) is 9.92. The SMILES string of the molecule is Cc1cnccc1N1CCN(C(=O)c2cccc(CCC(C)(C)O)c2)CC1. The van der Waals surface area contributed by atoms with Crippen LogP contribution in [0.25, 0.3) is 0 Å². The van der Waals surface area contributed by atoms with Crippen LogP contribution in [0.4, 0.5) is 5.69 Å². The number of aryl methyl sites for hydroxylation is 2. The summed E-state index contributed by atoms with van der Waals surface area (Å²) in [6.07, 6.45) is 5.14. The highest BCUT2D eigenvalue weighted by Crippen LogP contribution is 2.21. The molecule has 0 atom stereocenters. The lowest BCUT2D eigenvalue weighted by atomic mass is 9.97. The fraction of sp³-hybridized carbons (Fsp3) is 0.455. The summed E-state index contributed by atoms with van der Waals surface area (Å²) >= 11 is 0. The molecule has 1 aromatic heterocycles. The van der Waals surface area contributed by atoms with Crippen LogP contribution in [0.5, 0.6) is 0 Å². The van der Waals surface area contributed by atoms with Gasteiger partial charge >= 0.3 is 0 Å². The minimum Gasteiger partial charge on any atom is -0.390 e. The Hall–Kier alpha value is -2.40. The van der Waals surface area contributed by atoms with Crippen molar-refractivity contribution in [2.24, 2.45) is 0 Å². The van der Waals surface area contributed by atoms with E-state index in [-0.39, 0.29) is 5.91 Å². The van der Waals surface area contributed by atoms with Crippen LogP contribution < -0.4 is 4.90 Å². The van der Waals surface area contributed by atoms with Crippen molar-refractivity contribution in [1.82, 2.24) is 9.88 Å². The molecule has 5 heteroatoms. The Bertz CT molecular complexity index is 790. The number of carbonyl (C=O) groups excluding carboxylic acids is 1. The van der Waals surface area contributed by atoms with Gasteiger partial charge in [-0.25, -0.2) is 0 Å². The molecule has 1 aromatic carbocycles. The molecule has 0 saturated carbocycles. The minimum atomic E-state index is -0.693. The zero-order valence-electron chi connectivity index (χ0n) is 16.5. The van der Waals surface area contributed by atoms with E-state index >= 15 is 0 Å². The summed E-state index contributed by atoms with van der Waals surface area (Å²) in [6.45, 7) is 8.78. The molecule has 1 amide bonds. The van der Waals surface area contributed by atoms with Gasteiger partial charge in [-0.15, -0.1) is 0 Å². The number of nitrogens with zero attached hydrogens (tertiary/aromatic N) is 3. The van der Waals surface area contributed by atoms with E-state index in [4.69, 9.17) is 0 Å². The molecule has 0 unspecified atom stereocenters. The molecule has 5 nitrogen and oxygen atoms in total. The third-order valence-corrected chi connectivity index (χ3v) is 5.10. The standard InChI is InChI=1S/C22H29N3O2/c1-17-16-23-10-8-20(17)24-11-13-25(14-12-24)21(26)19-6-4-5-18(15-19)7-9-22(2,3)27/h4-6,8,10,15-16,27H,7,9,11-14H2,1-3H3. The third kappa shape index (κ3) is 5.07. The molecule has 0 radical (unpaired) electrons. The van der Waals surface area contributed by atoms with Crippen LogP contribution >= 0.6 is 0 Å². The predicted molar refractivity (Wildman–Crippen MR) is 108 cm³/mol. The van der Waals surface area contributed by atoms with E-state index < -0.39 is 5.60 Å². The molecule has 1 aliphatic heterocycles. The average molecular weight is 367 g/mol. The number of hydrogen-bond donors (Lipinski definition) is 1. The van der Waals surface area contributed by atoms with E-state index in [1.54, 1.807) is 0 Å². The molecular weight excluding hydrogens is 338 g/mol. The summed E-state index contributed by atoms with van der Waals surface area (Å²) in [6, 6.07) is 9.85. The van der Waals surface area contributed by atoms with Crippen molar-refractivity contribution >= 4 is 11.6 Å². The maximum Gasteiger partial charge on any atom is 0.253 e. The van der Waals surface area contributed by atoms with Gasteiger partial charge in [0.1, 0.15) is 0 Å². The first kappa shape index (κ1) is 19.4. The smallest absolute Gasteiger partial charge is 0.253 e. The molecule has 0 aliphatic carbocycles. The number of benzene rings is 1. The summed E-state index contributed by atoms with van der Waals surface area (Å²) in [7, 11) is 0. The van der Waals surface area contributed by atoms with Crippen LogP contribution in [-0.4, -0.2) is 52.7 Å². The first-order valence-electron chi connectivity index (χ1n) is 9.60. The summed E-state index contributed by atoms with van der Waals surface area (Å²) < 4.78 is 0. The van der Waals surface area contributed by atoms with Crippen molar-refractivity contribution in [3.63, 3.8) is 0 Å². The quantitative estimate of drug-likeness (QED) is 0.882. The number of piperazine rings is 1. The number of rotatable bonds is 5. The van der Waals surface area contributed by atoms with Crippen molar-refractivity contribution in [2.45, 2.75) is 39.2 Å². The second-order valence-electron chi connectivity index (χ2n) is 7.95. The first-order valence-corrected chi connectivity index (χ1v) is 9.60. The molecule has 2 heterocycles. The number of anilines is 1. The summed E-state index contributed by atoms with van der Waals surface area (Å²) in [5.41, 5.74) is 3.50. The number of amides is 1. The van der Waals surface area contributed by atoms with Crippen molar-refractivity contribution in [2.75, 3.05) is 31.1 Å². The van der Waals surface area contributed by atoms with Gasteiger partial charge in [-0.1, -0.05) is 12.1 Å². The number of hydrogen-bond acceptors (Lipinski definition) is 4. The Morgan fingerprint density at radius 2 is 1.93 bits per heavy atom. The van der Waals surface area contributed by atoms with Gasteiger partial charge in [0, 0.05) is 49.8 Å². The lowest BCUT2D eigenvalue weighted by molar-refractivity contribution is 0.0714. The monoisotopic (exact) mass is 367 g/mol. The molecule has 1 aliphatic rings. The molecule has 1 fully saturated rings. The van der Waals surface area contributed by atoms with Gasteiger partial charge in [-0.2, -0.15) is 0 Å². The normalized spacial score (nSPS) is 15.1. The van der Waals surface area contributed by atoms with E-state index in [0.717, 1.165) is 36.2 Å². The molecular formula is C22H29N3O2. The first-order chi connectivity index (χ1) is 12.8. The van der Waals surface area contributed by atoms with Crippen molar-refractivity contribution in [3.05, 3.63) is 59.4 Å². The highest BCUT2D eigenvalue weighted by molar-refractivity contribution is 5.94. The van der Waals surface area contributed by atoms with Crippen LogP contribution in [0.3, 0.4) is 0 Å². The second-order valence-corrected chi connectivity index (χ2v) is 7.95.